The molecule has 2 amide bonds. The van der Waals surface area contributed by atoms with Crippen molar-refractivity contribution in [3.63, 3.8) is 0 Å². The summed E-state index contributed by atoms with van der Waals surface area (Å²) in [6, 6.07) is 9.15. The predicted molar refractivity (Wildman–Crippen MR) is 73.7 cm³/mol. The normalized spacial score (nSPS) is 21.4. The lowest BCUT2D eigenvalue weighted by atomic mass is 10.2. The smallest absolute Gasteiger partial charge is 0.239 e. The third kappa shape index (κ3) is 4.32. The Hall–Kier alpha value is -1.92. The fraction of sp³-hybridized carbons (Fsp3) is 0.429. The van der Waals surface area contributed by atoms with Crippen LogP contribution in [0.15, 0.2) is 30.3 Å². The molecule has 0 bridgehead atoms. The second-order valence-electron chi connectivity index (χ2n) is 4.83. The SMILES string of the molecule is O=C(CNC(=O)C1CC(O)CN1)NCc1ccccc1. The maximum atomic E-state index is 11.7. The highest BCUT2D eigenvalue weighted by molar-refractivity contribution is 5.87. The van der Waals surface area contributed by atoms with Gasteiger partial charge in [-0.15, -0.1) is 0 Å². The van der Waals surface area contributed by atoms with Gasteiger partial charge in [-0.05, 0) is 12.0 Å². The molecule has 0 radical (unpaired) electrons. The van der Waals surface area contributed by atoms with Gasteiger partial charge < -0.3 is 21.1 Å². The van der Waals surface area contributed by atoms with Crippen LogP contribution >= 0.6 is 0 Å². The van der Waals surface area contributed by atoms with E-state index in [1.807, 2.05) is 30.3 Å². The summed E-state index contributed by atoms with van der Waals surface area (Å²) in [7, 11) is 0. The Balaban J connectivity index is 1.66. The van der Waals surface area contributed by atoms with Crippen molar-refractivity contribution in [2.24, 2.45) is 0 Å². The summed E-state index contributed by atoms with van der Waals surface area (Å²) in [6.07, 6.45) is -0.102. The molecule has 2 rings (SSSR count). The van der Waals surface area contributed by atoms with E-state index in [0.29, 0.717) is 19.5 Å². The lowest BCUT2D eigenvalue weighted by Crippen LogP contribution is -2.44. The molecular formula is C14H19N3O3. The Morgan fingerprint density at radius 1 is 1.25 bits per heavy atom. The molecule has 1 aromatic carbocycles. The number of carbonyl (C=O) groups excluding carboxylic acids is 2. The second-order valence-corrected chi connectivity index (χ2v) is 4.83. The van der Waals surface area contributed by atoms with Gasteiger partial charge in [-0.2, -0.15) is 0 Å². The Labute approximate surface area is 117 Å². The Morgan fingerprint density at radius 2 is 2.00 bits per heavy atom. The quantitative estimate of drug-likeness (QED) is 0.564. The van der Waals surface area contributed by atoms with Crippen LogP contribution in [0.25, 0.3) is 0 Å². The maximum Gasteiger partial charge on any atom is 0.239 e. The van der Waals surface area contributed by atoms with Crippen LogP contribution in [0.4, 0.5) is 0 Å². The van der Waals surface area contributed by atoms with Gasteiger partial charge in [0.2, 0.25) is 11.8 Å². The van der Waals surface area contributed by atoms with E-state index in [2.05, 4.69) is 16.0 Å². The Bertz CT molecular complexity index is 464. The van der Waals surface area contributed by atoms with Crippen molar-refractivity contribution < 1.29 is 14.7 Å². The first-order chi connectivity index (χ1) is 9.65. The number of rotatable bonds is 5. The molecule has 6 heteroatoms. The van der Waals surface area contributed by atoms with Crippen LogP contribution in [0.5, 0.6) is 0 Å². The molecule has 1 aromatic rings. The Morgan fingerprint density at radius 3 is 2.65 bits per heavy atom. The van der Waals surface area contributed by atoms with E-state index >= 15 is 0 Å². The summed E-state index contributed by atoms with van der Waals surface area (Å²) in [5.74, 6) is -0.489. The highest BCUT2D eigenvalue weighted by atomic mass is 16.3. The first-order valence-electron chi connectivity index (χ1n) is 6.65. The third-order valence-electron chi connectivity index (χ3n) is 3.18. The summed E-state index contributed by atoms with van der Waals surface area (Å²) in [5.41, 5.74) is 1.01. The molecule has 2 unspecified atom stereocenters. The Kier molecular flexibility index (Phi) is 5.09. The van der Waals surface area contributed by atoms with Gasteiger partial charge in [0, 0.05) is 13.1 Å². The van der Waals surface area contributed by atoms with E-state index in [1.165, 1.54) is 0 Å². The second kappa shape index (κ2) is 7.02. The number of β-amino-alcohol motifs (C(OH)–C–C–N with tert-alkyl or cyclic N) is 1. The van der Waals surface area contributed by atoms with Crippen LogP contribution in [0.1, 0.15) is 12.0 Å². The number of benzene rings is 1. The number of hydrogen-bond acceptors (Lipinski definition) is 4. The van der Waals surface area contributed by atoms with Gasteiger partial charge in [0.1, 0.15) is 0 Å². The van der Waals surface area contributed by atoms with E-state index in [1.54, 1.807) is 0 Å². The maximum absolute atomic E-state index is 11.7. The van der Waals surface area contributed by atoms with Crippen molar-refractivity contribution in [2.75, 3.05) is 13.1 Å². The minimum absolute atomic E-state index is 0.0556. The molecule has 1 saturated heterocycles. The van der Waals surface area contributed by atoms with Crippen molar-refractivity contribution in [1.29, 1.82) is 0 Å². The molecule has 1 fully saturated rings. The third-order valence-corrected chi connectivity index (χ3v) is 3.18. The molecule has 6 nitrogen and oxygen atoms in total. The summed E-state index contributed by atoms with van der Waals surface area (Å²) < 4.78 is 0. The fourth-order valence-corrected chi connectivity index (χ4v) is 2.07. The highest BCUT2D eigenvalue weighted by Crippen LogP contribution is 2.05. The zero-order chi connectivity index (χ0) is 14.4. The standard InChI is InChI=1S/C14H19N3O3/c18-11-6-12(15-8-11)14(20)17-9-13(19)16-7-10-4-2-1-3-5-10/h1-5,11-12,15,18H,6-9H2,(H,16,19)(H,17,20). The van der Waals surface area contributed by atoms with Crippen LogP contribution in [0, 0.1) is 0 Å². The first kappa shape index (κ1) is 14.5. The van der Waals surface area contributed by atoms with Crippen molar-refractivity contribution in [2.45, 2.75) is 25.1 Å². The number of hydrogen-bond donors (Lipinski definition) is 4. The molecule has 108 valence electrons. The van der Waals surface area contributed by atoms with Crippen LogP contribution in [0.2, 0.25) is 0 Å². The van der Waals surface area contributed by atoms with E-state index < -0.39 is 12.1 Å². The number of amides is 2. The van der Waals surface area contributed by atoms with Crippen molar-refractivity contribution in [3.8, 4) is 0 Å². The molecule has 1 aliphatic heterocycles. The zero-order valence-corrected chi connectivity index (χ0v) is 11.1. The molecule has 1 aliphatic rings. The van der Waals surface area contributed by atoms with Crippen LogP contribution in [-0.4, -0.2) is 42.2 Å². The number of carbonyl (C=O) groups is 2. The van der Waals surface area contributed by atoms with E-state index in [0.717, 1.165) is 5.56 Å². The molecule has 0 aromatic heterocycles. The molecule has 2 atom stereocenters. The molecular weight excluding hydrogens is 258 g/mol. The van der Waals surface area contributed by atoms with Gasteiger partial charge in [-0.1, -0.05) is 30.3 Å². The van der Waals surface area contributed by atoms with Crippen molar-refractivity contribution >= 4 is 11.8 Å². The van der Waals surface area contributed by atoms with Gasteiger partial charge in [0.05, 0.1) is 18.7 Å². The average molecular weight is 277 g/mol. The zero-order valence-electron chi connectivity index (χ0n) is 11.1. The van der Waals surface area contributed by atoms with E-state index in [4.69, 9.17) is 0 Å². The summed E-state index contributed by atoms with van der Waals surface area (Å²) in [5, 5.41) is 17.5. The summed E-state index contributed by atoms with van der Waals surface area (Å²) in [4.78, 5) is 23.3. The topological polar surface area (TPSA) is 90.5 Å². The molecule has 4 N–H and O–H groups in total. The molecule has 0 spiro atoms. The largest absolute Gasteiger partial charge is 0.392 e. The van der Waals surface area contributed by atoms with Crippen LogP contribution < -0.4 is 16.0 Å². The van der Waals surface area contributed by atoms with Crippen LogP contribution in [-0.2, 0) is 16.1 Å². The molecule has 0 aliphatic carbocycles. The van der Waals surface area contributed by atoms with Gasteiger partial charge in [0.25, 0.3) is 0 Å². The predicted octanol–water partition coefficient (Wildman–Crippen LogP) is -0.858. The molecule has 0 saturated carbocycles. The molecule has 1 heterocycles. The summed E-state index contributed by atoms with van der Waals surface area (Å²) >= 11 is 0. The van der Waals surface area contributed by atoms with E-state index in [9.17, 15) is 14.7 Å². The van der Waals surface area contributed by atoms with Crippen molar-refractivity contribution in [3.05, 3.63) is 35.9 Å². The number of nitrogens with one attached hydrogen (secondary N) is 3. The van der Waals surface area contributed by atoms with E-state index in [-0.39, 0.29) is 18.4 Å². The highest BCUT2D eigenvalue weighted by Gasteiger charge is 2.27. The van der Waals surface area contributed by atoms with Crippen molar-refractivity contribution in [1.82, 2.24) is 16.0 Å². The monoisotopic (exact) mass is 277 g/mol. The lowest BCUT2D eigenvalue weighted by Gasteiger charge is -2.11. The van der Waals surface area contributed by atoms with Gasteiger partial charge in [-0.3, -0.25) is 9.59 Å². The lowest BCUT2D eigenvalue weighted by molar-refractivity contribution is -0.127. The number of aliphatic hydroxyl groups excluding tert-OH is 1. The first-order valence-corrected chi connectivity index (χ1v) is 6.65. The minimum atomic E-state index is -0.488. The van der Waals surface area contributed by atoms with Gasteiger partial charge in [0.15, 0.2) is 0 Å². The minimum Gasteiger partial charge on any atom is -0.392 e. The van der Waals surface area contributed by atoms with Gasteiger partial charge in [-0.25, -0.2) is 0 Å². The number of aliphatic hydroxyl groups is 1. The van der Waals surface area contributed by atoms with Gasteiger partial charge >= 0.3 is 0 Å². The summed E-state index contributed by atoms with van der Waals surface area (Å²) in [6.45, 7) is 0.800. The average Bonchev–Trinajstić information content (AvgIpc) is 2.90. The van der Waals surface area contributed by atoms with Crippen LogP contribution in [0.3, 0.4) is 0 Å². The fourth-order valence-electron chi connectivity index (χ4n) is 2.07. The molecule has 20 heavy (non-hydrogen) atoms.